The highest BCUT2D eigenvalue weighted by molar-refractivity contribution is 6.36. The Balaban J connectivity index is 1.58. The second kappa shape index (κ2) is 9.02. The van der Waals surface area contributed by atoms with Gasteiger partial charge >= 0.3 is 0 Å². The van der Waals surface area contributed by atoms with Crippen molar-refractivity contribution in [3.8, 4) is 0 Å². The molecule has 1 aliphatic rings. The molecule has 2 atom stereocenters. The summed E-state index contributed by atoms with van der Waals surface area (Å²) in [6.07, 6.45) is 2.20. The Hall–Kier alpha value is -2.29. The summed E-state index contributed by atoms with van der Waals surface area (Å²) < 4.78 is 0. The summed E-state index contributed by atoms with van der Waals surface area (Å²) in [5.41, 5.74) is 3.27. The fourth-order valence-corrected chi connectivity index (χ4v) is 4.71. The molecule has 29 heavy (non-hydrogen) atoms. The Bertz CT molecular complexity index is 954. The fourth-order valence-electron chi connectivity index (χ4n) is 4.16. The lowest BCUT2D eigenvalue weighted by Crippen LogP contribution is -2.33. The van der Waals surface area contributed by atoms with Gasteiger partial charge in [-0.1, -0.05) is 89.9 Å². The predicted molar refractivity (Wildman–Crippen MR) is 119 cm³/mol. The molecule has 0 N–H and O–H groups in total. The smallest absolute Gasteiger partial charge is 0.226 e. The maximum atomic E-state index is 13.4. The van der Waals surface area contributed by atoms with Crippen LogP contribution in [0.4, 0.5) is 0 Å². The van der Waals surface area contributed by atoms with E-state index in [9.17, 15) is 4.79 Å². The Kier molecular flexibility index (Phi) is 6.22. The van der Waals surface area contributed by atoms with E-state index in [2.05, 4.69) is 24.3 Å². The van der Waals surface area contributed by atoms with Crippen LogP contribution in [0.2, 0.25) is 10.0 Å². The molecule has 0 saturated carbocycles. The standard InChI is InChI=1S/C25H23Cl2NO/c26-22-12-7-13-23(27)21(22)17-20-14-15-28(25(20)29)24(19-10-5-2-6-11-19)16-18-8-3-1-4-9-18/h1-13,20,24H,14-17H2/t20-,24-/m0/s1. The molecule has 1 fully saturated rings. The van der Waals surface area contributed by atoms with Crippen LogP contribution in [-0.4, -0.2) is 17.4 Å². The van der Waals surface area contributed by atoms with Gasteiger partial charge in [0.1, 0.15) is 0 Å². The molecule has 0 spiro atoms. The van der Waals surface area contributed by atoms with E-state index in [0.29, 0.717) is 16.5 Å². The van der Waals surface area contributed by atoms with Crippen LogP contribution < -0.4 is 0 Å². The van der Waals surface area contributed by atoms with Crippen molar-refractivity contribution in [1.82, 2.24) is 4.90 Å². The monoisotopic (exact) mass is 423 g/mol. The van der Waals surface area contributed by atoms with Gasteiger partial charge in [0, 0.05) is 22.5 Å². The molecule has 148 valence electrons. The van der Waals surface area contributed by atoms with Crippen molar-refractivity contribution in [2.75, 3.05) is 6.54 Å². The summed E-state index contributed by atoms with van der Waals surface area (Å²) in [6.45, 7) is 0.748. The minimum absolute atomic E-state index is 0.0258. The second-order valence-electron chi connectivity index (χ2n) is 7.54. The molecule has 0 radical (unpaired) electrons. The minimum atomic E-state index is -0.0885. The third-order valence-corrected chi connectivity index (χ3v) is 6.40. The Morgan fingerprint density at radius 3 is 2.14 bits per heavy atom. The highest BCUT2D eigenvalue weighted by Crippen LogP contribution is 2.35. The first-order chi connectivity index (χ1) is 14.1. The molecule has 3 aromatic carbocycles. The lowest BCUT2D eigenvalue weighted by atomic mass is 9.96. The van der Waals surface area contributed by atoms with Gasteiger partial charge in [0.25, 0.3) is 0 Å². The van der Waals surface area contributed by atoms with E-state index < -0.39 is 0 Å². The van der Waals surface area contributed by atoms with Crippen LogP contribution in [0.25, 0.3) is 0 Å². The lowest BCUT2D eigenvalue weighted by Gasteiger charge is -2.29. The normalized spacial score (nSPS) is 17.5. The minimum Gasteiger partial charge on any atom is -0.335 e. The van der Waals surface area contributed by atoms with E-state index in [0.717, 1.165) is 24.9 Å². The molecule has 1 amide bonds. The first-order valence-electron chi connectivity index (χ1n) is 9.95. The summed E-state index contributed by atoms with van der Waals surface area (Å²) >= 11 is 12.7. The molecule has 3 aromatic rings. The van der Waals surface area contributed by atoms with E-state index in [-0.39, 0.29) is 17.9 Å². The number of carbonyl (C=O) groups is 1. The van der Waals surface area contributed by atoms with E-state index in [4.69, 9.17) is 23.2 Å². The van der Waals surface area contributed by atoms with Gasteiger partial charge in [-0.15, -0.1) is 0 Å². The SMILES string of the molecule is O=C1[C@H](Cc2c(Cl)cccc2Cl)CCN1[C@@H](Cc1ccccc1)c1ccccc1. The molecule has 0 unspecified atom stereocenters. The van der Waals surface area contributed by atoms with Crippen LogP contribution in [-0.2, 0) is 17.6 Å². The Morgan fingerprint density at radius 2 is 1.48 bits per heavy atom. The first-order valence-corrected chi connectivity index (χ1v) is 10.7. The third-order valence-electron chi connectivity index (χ3n) is 5.70. The van der Waals surface area contributed by atoms with Gasteiger partial charge in [-0.3, -0.25) is 4.79 Å². The summed E-state index contributed by atoms with van der Waals surface area (Å²) in [7, 11) is 0. The van der Waals surface area contributed by atoms with Crippen LogP contribution >= 0.6 is 23.2 Å². The van der Waals surface area contributed by atoms with Gasteiger partial charge in [-0.2, -0.15) is 0 Å². The molecule has 0 aliphatic carbocycles. The fraction of sp³-hybridized carbons (Fsp3) is 0.240. The average Bonchev–Trinajstić information content (AvgIpc) is 3.10. The molecular formula is C25H23Cl2NO. The number of amides is 1. The number of carbonyl (C=O) groups excluding carboxylic acids is 1. The lowest BCUT2D eigenvalue weighted by molar-refractivity contribution is -0.133. The van der Waals surface area contributed by atoms with Crippen molar-refractivity contribution >= 4 is 29.1 Å². The summed E-state index contributed by atoms with van der Waals surface area (Å²) in [5.74, 6) is 0.0974. The largest absolute Gasteiger partial charge is 0.335 e. The maximum absolute atomic E-state index is 13.4. The van der Waals surface area contributed by atoms with Crippen LogP contribution in [0.3, 0.4) is 0 Å². The highest BCUT2D eigenvalue weighted by Gasteiger charge is 2.37. The quantitative estimate of drug-likeness (QED) is 0.450. The van der Waals surface area contributed by atoms with E-state index in [1.165, 1.54) is 11.1 Å². The zero-order valence-corrected chi connectivity index (χ0v) is 17.6. The van der Waals surface area contributed by atoms with Gasteiger partial charge in [-0.25, -0.2) is 0 Å². The summed E-state index contributed by atoms with van der Waals surface area (Å²) in [5, 5.41) is 1.26. The van der Waals surface area contributed by atoms with Crippen molar-refractivity contribution in [3.05, 3.63) is 106 Å². The number of hydrogen-bond donors (Lipinski definition) is 0. The van der Waals surface area contributed by atoms with Crippen LogP contribution in [0.5, 0.6) is 0 Å². The van der Waals surface area contributed by atoms with Gasteiger partial charge in [0.05, 0.1) is 6.04 Å². The molecule has 4 heteroatoms. The molecule has 1 aliphatic heterocycles. The van der Waals surface area contributed by atoms with Crippen molar-refractivity contribution < 1.29 is 4.79 Å². The van der Waals surface area contributed by atoms with Gasteiger partial charge in [0.15, 0.2) is 0 Å². The zero-order valence-electron chi connectivity index (χ0n) is 16.1. The van der Waals surface area contributed by atoms with Crippen molar-refractivity contribution in [2.24, 2.45) is 5.92 Å². The third kappa shape index (κ3) is 4.49. The summed E-state index contributed by atoms with van der Waals surface area (Å²) in [4.78, 5) is 15.4. The van der Waals surface area contributed by atoms with Gasteiger partial charge < -0.3 is 4.90 Å². The topological polar surface area (TPSA) is 20.3 Å². The van der Waals surface area contributed by atoms with Crippen molar-refractivity contribution in [1.29, 1.82) is 0 Å². The Labute approximate surface area is 182 Å². The second-order valence-corrected chi connectivity index (χ2v) is 8.35. The summed E-state index contributed by atoms with van der Waals surface area (Å²) in [6, 6.07) is 26.2. The number of nitrogens with zero attached hydrogens (tertiary/aromatic N) is 1. The number of benzene rings is 3. The van der Waals surface area contributed by atoms with Crippen molar-refractivity contribution in [2.45, 2.75) is 25.3 Å². The highest BCUT2D eigenvalue weighted by atomic mass is 35.5. The molecule has 1 heterocycles. The first kappa shape index (κ1) is 20.0. The molecule has 2 nitrogen and oxygen atoms in total. The van der Waals surface area contributed by atoms with E-state index in [1.807, 2.05) is 59.5 Å². The van der Waals surface area contributed by atoms with Crippen LogP contribution in [0, 0.1) is 5.92 Å². The Morgan fingerprint density at radius 1 is 0.862 bits per heavy atom. The van der Waals surface area contributed by atoms with Gasteiger partial charge in [0.2, 0.25) is 5.91 Å². The van der Waals surface area contributed by atoms with Gasteiger partial charge in [-0.05, 0) is 48.1 Å². The van der Waals surface area contributed by atoms with Crippen molar-refractivity contribution in [3.63, 3.8) is 0 Å². The molecule has 1 saturated heterocycles. The molecular weight excluding hydrogens is 401 g/mol. The zero-order chi connectivity index (χ0) is 20.2. The number of hydrogen-bond acceptors (Lipinski definition) is 1. The molecule has 4 rings (SSSR count). The molecule has 0 aromatic heterocycles. The van der Waals surface area contributed by atoms with Crippen LogP contribution in [0.15, 0.2) is 78.9 Å². The number of halogens is 2. The van der Waals surface area contributed by atoms with E-state index >= 15 is 0 Å². The maximum Gasteiger partial charge on any atom is 0.226 e. The van der Waals surface area contributed by atoms with E-state index in [1.54, 1.807) is 0 Å². The van der Waals surface area contributed by atoms with Crippen LogP contribution in [0.1, 0.15) is 29.2 Å². The average molecular weight is 424 g/mol. The predicted octanol–water partition coefficient (Wildman–Crippen LogP) is 6.37. The number of rotatable bonds is 6. The number of likely N-dealkylation sites (tertiary alicyclic amines) is 1. The molecule has 0 bridgehead atoms.